The molecule has 1 aromatic carbocycles. The Kier molecular flexibility index (Phi) is 2.55. The van der Waals surface area contributed by atoms with Crippen molar-refractivity contribution in [2.24, 2.45) is 0 Å². The Morgan fingerprint density at radius 2 is 2.16 bits per heavy atom. The number of hydrogen-bond donors (Lipinski definition) is 0. The number of hydrogen-bond acceptors (Lipinski definition) is 2. The van der Waals surface area contributed by atoms with Crippen LogP contribution in [0, 0.1) is 6.92 Å². The van der Waals surface area contributed by atoms with Crippen LogP contribution in [0.2, 0.25) is 0 Å². The zero-order valence-electron chi connectivity index (χ0n) is 11.7. The summed E-state index contributed by atoms with van der Waals surface area (Å²) in [6.07, 6.45) is 0. The number of benzene rings is 1. The van der Waals surface area contributed by atoms with Gasteiger partial charge in [0.2, 0.25) is 0 Å². The normalized spacial score (nSPS) is 17.4. The highest BCUT2D eigenvalue weighted by atomic mass is 16.5. The summed E-state index contributed by atoms with van der Waals surface area (Å²) in [6.45, 7) is 4.78. The Morgan fingerprint density at radius 1 is 1.42 bits per heavy atom. The molecule has 1 aromatic heterocycles. The quantitative estimate of drug-likeness (QED) is 0.788. The van der Waals surface area contributed by atoms with Crippen molar-refractivity contribution in [2.75, 3.05) is 20.7 Å². The van der Waals surface area contributed by atoms with Gasteiger partial charge in [-0.1, -0.05) is 12.1 Å². The average Bonchev–Trinajstić information content (AvgIpc) is 2.68. The minimum absolute atomic E-state index is 0.0486. The van der Waals surface area contributed by atoms with E-state index < -0.39 is 0 Å². The van der Waals surface area contributed by atoms with Gasteiger partial charge in [-0.25, -0.2) is 0 Å². The Balaban J connectivity index is 2.40. The van der Waals surface area contributed by atoms with Crippen molar-refractivity contribution in [3.8, 4) is 5.75 Å². The van der Waals surface area contributed by atoms with Gasteiger partial charge in [-0.05, 0) is 19.9 Å². The van der Waals surface area contributed by atoms with Crippen LogP contribution in [0.15, 0.2) is 18.2 Å². The molecule has 2 heterocycles. The Bertz CT molecular complexity index is 670. The van der Waals surface area contributed by atoms with Crippen LogP contribution >= 0.6 is 0 Å². The summed E-state index contributed by atoms with van der Waals surface area (Å²) < 4.78 is 8.00. The van der Waals surface area contributed by atoms with Crippen molar-refractivity contribution in [2.45, 2.75) is 19.9 Å². The van der Waals surface area contributed by atoms with Crippen molar-refractivity contribution in [3.63, 3.8) is 0 Å². The number of amides is 1. The van der Waals surface area contributed by atoms with E-state index in [1.807, 2.05) is 25.1 Å². The van der Waals surface area contributed by atoms with Crippen LogP contribution < -0.4 is 4.74 Å². The van der Waals surface area contributed by atoms with Gasteiger partial charge in [0.25, 0.3) is 5.91 Å². The van der Waals surface area contributed by atoms with Gasteiger partial charge in [0.1, 0.15) is 12.4 Å². The molecule has 0 N–H and O–H groups in total. The highest BCUT2D eigenvalue weighted by Crippen LogP contribution is 2.38. The number of ether oxygens (including phenoxy) is 1. The standard InChI is InChI=1S/C15H18N2O2/c1-9-8-19-12-7-5-6-11-13(15(18)16(3)4)10(2)17(9)14(11)12/h5-7,9H,8H2,1-4H3. The van der Waals surface area contributed by atoms with Gasteiger partial charge in [-0.3, -0.25) is 4.79 Å². The third-order valence-electron chi connectivity index (χ3n) is 3.77. The SMILES string of the molecule is Cc1c(C(=O)N(C)C)c2cccc3c2n1C(C)CO3. The second-order valence-electron chi connectivity index (χ2n) is 5.34. The van der Waals surface area contributed by atoms with E-state index in [1.165, 1.54) is 0 Å². The molecule has 0 aliphatic carbocycles. The summed E-state index contributed by atoms with van der Waals surface area (Å²) in [6, 6.07) is 6.17. The van der Waals surface area contributed by atoms with E-state index in [0.29, 0.717) is 6.61 Å². The lowest BCUT2D eigenvalue weighted by atomic mass is 10.1. The maximum absolute atomic E-state index is 12.4. The van der Waals surface area contributed by atoms with Gasteiger partial charge in [0.05, 0.1) is 17.1 Å². The van der Waals surface area contributed by atoms with Gasteiger partial charge >= 0.3 is 0 Å². The summed E-state index contributed by atoms with van der Waals surface area (Å²) >= 11 is 0. The monoisotopic (exact) mass is 258 g/mol. The van der Waals surface area contributed by atoms with Crippen LogP contribution in [-0.4, -0.2) is 36.1 Å². The van der Waals surface area contributed by atoms with E-state index in [9.17, 15) is 4.79 Å². The summed E-state index contributed by atoms with van der Waals surface area (Å²) in [5.41, 5.74) is 2.86. The third kappa shape index (κ3) is 1.56. The van der Waals surface area contributed by atoms with Gasteiger partial charge in [-0.15, -0.1) is 0 Å². The predicted molar refractivity (Wildman–Crippen MR) is 74.9 cm³/mol. The van der Waals surface area contributed by atoms with Crippen LogP contribution in [0.4, 0.5) is 0 Å². The van der Waals surface area contributed by atoms with Gasteiger partial charge in [0, 0.05) is 25.2 Å². The van der Waals surface area contributed by atoms with Gasteiger partial charge < -0.3 is 14.2 Å². The second kappa shape index (κ2) is 4.02. The van der Waals surface area contributed by atoms with E-state index in [1.54, 1.807) is 19.0 Å². The molecule has 0 spiro atoms. The summed E-state index contributed by atoms with van der Waals surface area (Å²) in [7, 11) is 3.57. The van der Waals surface area contributed by atoms with Crippen molar-refractivity contribution < 1.29 is 9.53 Å². The molecule has 19 heavy (non-hydrogen) atoms. The maximum atomic E-state index is 12.4. The molecule has 0 saturated heterocycles. The lowest BCUT2D eigenvalue weighted by molar-refractivity contribution is 0.0828. The van der Waals surface area contributed by atoms with Crippen LogP contribution in [0.1, 0.15) is 29.0 Å². The fourth-order valence-corrected chi connectivity index (χ4v) is 2.90. The number of para-hydroxylation sites is 1. The van der Waals surface area contributed by atoms with Gasteiger partial charge in [0.15, 0.2) is 0 Å². The molecule has 3 rings (SSSR count). The number of nitrogens with zero attached hydrogens (tertiary/aromatic N) is 2. The first-order chi connectivity index (χ1) is 9.02. The zero-order chi connectivity index (χ0) is 13.7. The molecule has 1 unspecified atom stereocenters. The minimum Gasteiger partial charge on any atom is -0.489 e. The zero-order valence-corrected chi connectivity index (χ0v) is 11.7. The van der Waals surface area contributed by atoms with E-state index in [4.69, 9.17) is 4.74 Å². The molecule has 1 aliphatic heterocycles. The Labute approximate surface area is 112 Å². The minimum atomic E-state index is 0.0486. The van der Waals surface area contributed by atoms with Crippen LogP contribution in [0.3, 0.4) is 0 Å². The van der Waals surface area contributed by atoms with Crippen molar-refractivity contribution in [1.29, 1.82) is 0 Å². The lowest BCUT2D eigenvalue weighted by Gasteiger charge is -2.24. The first-order valence-corrected chi connectivity index (χ1v) is 6.50. The molecule has 0 bridgehead atoms. The molecular formula is C15H18N2O2. The van der Waals surface area contributed by atoms with Crippen molar-refractivity contribution in [1.82, 2.24) is 9.47 Å². The topological polar surface area (TPSA) is 34.5 Å². The lowest BCUT2D eigenvalue weighted by Crippen LogP contribution is -2.23. The third-order valence-corrected chi connectivity index (χ3v) is 3.77. The molecular weight excluding hydrogens is 240 g/mol. The van der Waals surface area contributed by atoms with E-state index in [0.717, 1.165) is 27.9 Å². The average molecular weight is 258 g/mol. The maximum Gasteiger partial charge on any atom is 0.255 e. The highest BCUT2D eigenvalue weighted by Gasteiger charge is 2.28. The number of aromatic nitrogens is 1. The van der Waals surface area contributed by atoms with E-state index >= 15 is 0 Å². The molecule has 4 heteroatoms. The molecule has 100 valence electrons. The van der Waals surface area contributed by atoms with E-state index in [-0.39, 0.29) is 11.9 Å². The first-order valence-electron chi connectivity index (χ1n) is 6.50. The Morgan fingerprint density at radius 3 is 2.84 bits per heavy atom. The summed E-state index contributed by atoms with van der Waals surface area (Å²) in [5.74, 6) is 0.920. The van der Waals surface area contributed by atoms with E-state index in [2.05, 4.69) is 11.5 Å². The second-order valence-corrected chi connectivity index (χ2v) is 5.34. The largest absolute Gasteiger partial charge is 0.489 e. The van der Waals surface area contributed by atoms with Crippen molar-refractivity contribution >= 4 is 16.8 Å². The Hall–Kier alpha value is -1.97. The molecule has 4 nitrogen and oxygen atoms in total. The highest BCUT2D eigenvalue weighted by molar-refractivity contribution is 6.09. The molecule has 1 atom stereocenters. The smallest absolute Gasteiger partial charge is 0.255 e. The number of carbonyl (C=O) groups excluding carboxylic acids is 1. The first kappa shape index (κ1) is 12.1. The molecule has 0 saturated carbocycles. The van der Waals surface area contributed by atoms with Gasteiger partial charge in [-0.2, -0.15) is 0 Å². The predicted octanol–water partition coefficient (Wildman–Crippen LogP) is 2.60. The molecule has 2 aromatic rings. The number of carbonyl (C=O) groups is 1. The fourth-order valence-electron chi connectivity index (χ4n) is 2.90. The fraction of sp³-hybridized carbons (Fsp3) is 0.400. The van der Waals surface area contributed by atoms with Crippen LogP contribution in [-0.2, 0) is 0 Å². The molecule has 0 fully saturated rings. The van der Waals surface area contributed by atoms with Crippen LogP contribution in [0.25, 0.3) is 10.9 Å². The van der Waals surface area contributed by atoms with Crippen LogP contribution in [0.5, 0.6) is 5.75 Å². The summed E-state index contributed by atoms with van der Waals surface area (Å²) in [5, 5.41) is 0.986. The molecule has 0 radical (unpaired) electrons. The number of rotatable bonds is 1. The van der Waals surface area contributed by atoms with Crippen molar-refractivity contribution in [3.05, 3.63) is 29.5 Å². The molecule has 1 aliphatic rings. The molecule has 1 amide bonds. The summed E-state index contributed by atoms with van der Waals surface area (Å²) in [4.78, 5) is 14.0.